The van der Waals surface area contributed by atoms with Crippen molar-refractivity contribution < 1.29 is 22.5 Å². The molecule has 0 aromatic carbocycles. The molecule has 116 valence electrons. The van der Waals surface area contributed by atoms with Crippen LogP contribution in [0, 0.1) is 11.5 Å². The third-order valence-electron chi connectivity index (χ3n) is 2.62. The van der Waals surface area contributed by atoms with Crippen LogP contribution in [0.25, 0.3) is 0 Å². The number of rotatable bonds is 5. The molecule has 1 rings (SSSR count). The summed E-state index contributed by atoms with van der Waals surface area (Å²) in [6.07, 6.45) is -2.36. The lowest BCUT2D eigenvalue weighted by atomic mass is 9.92. The fourth-order valence-electron chi connectivity index (χ4n) is 1.66. The smallest absolute Gasteiger partial charge is 0.343 e. The second-order valence-corrected chi connectivity index (χ2v) is 5.79. The molecule has 0 aliphatic carbocycles. The van der Waals surface area contributed by atoms with Crippen molar-refractivity contribution in [3.05, 3.63) is 28.2 Å². The number of ether oxygens (including phenoxy) is 1. The summed E-state index contributed by atoms with van der Waals surface area (Å²) in [4.78, 5) is 15.4. The summed E-state index contributed by atoms with van der Waals surface area (Å²) in [5.41, 5.74) is 2.59. The molecule has 1 aromatic rings. The minimum absolute atomic E-state index is 0.0601. The van der Waals surface area contributed by atoms with Gasteiger partial charge >= 0.3 is 5.97 Å². The summed E-state index contributed by atoms with van der Waals surface area (Å²) >= 11 is 3.02. The molecular weight excluding hydrogens is 370 g/mol. The van der Waals surface area contributed by atoms with Gasteiger partial charge in [-0.25, -0.2) is 27.5 Å². The number of halogens is 3. The Morgan fingerprint density at radius 1 is 1.67 bits per heavy atom. The highest BCUT2D eigenvalue weighted by Crippen LogP contribution is 2.29. The van der Waals surface area contributed by atoms with Crippen LogP contribution >= 0.6 is 15.9 Å². The minimum atomic E-state index is -2.36. The summed E-state index contributed by atoms with van der Waals surface area (Å²) < 4.78 is 46.5. The average Bonchev–Trinajstić information content (AvgIpc) is 2.40. The highest BCUT2D eigenvalue weighted by atomic mass is 79.9. The van der Waals surface area contributed by atoms with E-state index in [0.717, 1.165) is 13.0 Å². The van der Waals surface area contributed by atoms with Gasteiger partial charge in [0.1, 0.15) is 21.7 Å². The molecule has 2 atom stereocenters. The van der Waals surface area contributed by atoms with E-state index in [9.17, 15) is 17.8 Å². The Hall–Kier alpha value is -1.28. The standard InChI is InChI=1S/C12H13BrF2N2O3S/c1-4-20-11(18)9(15)12(2,17-21(3)19)10-7(14)5-6-8(13)16-10/h3,5-6,9H,4H2,1-2H3,(H,17,19)/t9-,12-/m0/s1. The van der Waals surface area contributed by atoms with Gasteiger partial charge in [0.15, 0.2) is 0 Å². The van der Waals surface area contributed by atoms with E-state index in [-0.39, 0.29) is 11.2 Å². The normalized spacial score (nSPS) is 15.0. The van der Waals surface area contributed by atoms with Crippen LogP contribution in [0.1, 0.15) is 19.5 Å². The van der Waals surface area contributed by atoms with Crippen LogP contribution in [-0.4, -0.2) is 27.9 Å². The number of alkyl halides is 1. The minimum Gasteiger partial charge on any atom is -0.464 e. The lowest BCUT2D eigenvalue weighted by Gasteiger charge is -2.30. The molecule has 0 bridgehead atoms. The molecular formula is C12H13BrF2N2O3S. The van der Waals surface area contributed by atoms with E-state index in [1.807, 2.05) is 0 Å². The maximum absolute atomic E-state index is 14.4. The predicted molar refractivity (Wildman–Crippen MR) is 77.0 cm³/mol. The molecule has 0 aliphatic rings. The van der Waals surface area contributed by atoms with Gasteiger partial charge in [0, 0.05) is 0 Å². The zero-order chi connectivity index (χ0) is 16.2. The molecule has 0 aliphatic heterocycles. The Labute approximate surface area is 131 Å². The largest absolute Gasteiger partial charge is 0.464 e. The fourth-order valence-corrected chi connectivity index (χ4v) is 2.59. The molecule has 0 fully saturated rings. The summed E-state index contributed by atoms with van der Waals surface area (Å²) in [6, 6.07) is 2.33. The van der Waals surface area contributed by atoms with E-state index in [1.165, 1.54) is 13.0 Å². The fraction of sp³-hybridized carbons (Fsp3) is 0.417. The van der Waals surface area contributed by atoms with Gasteiger partial charge in [-0.3, -0.25) is 0 Å². The molecule has 1 heterocycles. The highest BCUT2D eigenvalue weighted by Gasteiger charge is 2.45. The molecule has 1 aromatic heterocycles. The lowest BCUT2D eigenvalue weighted by Crippen LogP contribution is -2.51. The van der Waals surface area contributed by atoms with E-state index in [0.29, 0.717) is 0 Å². The summed E-state index contributed by atoms with van der Waals surface area (Å²) in [5, 5.41) is 0. The number of carbonyl (C=O) groups is 1. The molecule has 0 unspecified atom stereocenters. The third kappa shape index (κ3) is 4.10. The second-order valence-electron chi connectivity index (χ2n) is 4.18. The Morgan fingerprint density at radius 3 is 2.81 bits per heavy atom. The first-order chi connectivity index (χ1) is 9.72. The van der Waals surface area contributed by atoms with E-state index in [2.05, 4.69) is 30.4 Å². The number of pyridine rings is 1. The molecule has 1 N–H and O–H groups in total. The number of aromatic nitrogens is 1. The number of nitrogens with one attached hydrogen (secondary N) is 1. The van der Waals surface area contributed by atoms with E-state index in [1.54, 1.807) is 0 Å². The zero-order valence-electron chi connectivity index (χ0n) is 11.2. The Morgan fingerprint density at radius 2 is 2.29 bits per heavy atom. The van der Waals surface area contributed by atoms with Gasteiger partial charge in [0.2, 0.25) is 6.17 Å². The van der Waals surface area contributed by atoms with Crippen LogP contribution in [-0.2, 0) is 25.5 Å². The molecule has 0 amide bonds. The molecule has 0 saturated heterocycles. The van der Waals surface area contributed by atoms with E-state index < -0.39 is 39.6 Å². The van der Waals surface area contributed by atoms with E-state index in [4.69, 9.17) is 5.69 Å². The molecule has 0 radical (unpaired) electrons. The summed E-state index contributed by atoms with van der Waals surface area (Å²) in [6.45, 7) is 2.56. The van der Waals surface area contributed by atoms with Crippen molar-refractivity contribution in [2.45, 2.75) is 25.6 Å². The van der Waals surface area contributed by atoms with Gasteiger partial charge in [-0.05, 0) is 41.9 Å². The SMILES string of the molecule is C#S(=O)N[C@](C)(c1nc(Br)ccc1F)[C@@H](F)C(=O)OCC. The van der Waals surface area contributed by atoms with Crippen LogP contribution in [0.2, 0.25) is 0 Å². The van der Waals surface area contributed by atoms with Crippen molar-refractivity contribution in [3.63, 3.8) is 0 Å². The van der Waals surface area contributed by atoms with Gasteiger partial charge in [0.05, 0.1) is 17.0 Å². The van der Waals surface area contributed by atoms with Crippen molar-refractivity contribution in [2.24, 2.45) is 0 Å². The quantitative estimate of drug-likeness (QED) is 0.624. The van der Waals surface area contributed by atoms with Crippen molar-refractivity contribution in [3.8, 4) is 5.69 Å². The average molecular weight is 383 g/mol. The maximum Gasteiger partial charge on any atom is 0.343 e. The molecule has 9 heteroatoms. The number of carbonyl (C=O) groups excluding carboxylic acids is 1. The van der Waals surface area contributed by atoms with Crippen molar-refractivity contribution in [2.75, 3.05) is 6.61 Å². The van der Waals surface area contributed by atoms with Crippen LogP contribution < -0.4 is 4.72 Å². The summed E-state index contributed by atoms with van der Waals surface area (Å²) in [5.74, 6) is -2.12. The van der Waals surface area contributed by atoms with Crippen LogP contribution in [0.5, 0.6) is 0 Å². The monoisotopic (exact) mass is 382 g/mol. The lowest BCUT2D eigenvalue weighted by molar-refractivity contribution is -0.152. The Bertz CT molecular complexity index is 667. The molecule has 0 spiro atoms. The Balaban J connectivity index is 3.39. The van der Waals surface area contributed by atoms with Crippen LogP contribution in [0.3, 0.4) is 0 Å². The summed E-state index contributed by atoms with van der Waals surface area (Å²) in [7, 11) is -2.21. The van der Waals surface area contributed by atoms with E-state index >= 15 is 0 Å². The Kier molecular flexibility index (Phi) is 6.03. The topological polar surface area (TPSA) is 68.3 Å². The van der Waals surface area contributed by atoms with Gasteiger partial charge in [0.25, 0.3) is 0 Å². The first kappa shape index (κ1) is 17.8. The van der Waals surface area contributed by atoms with Crippen molar-refractivity contribution >= 4 is 32.3 Å². The molecule has 0 saturated carbocycles. The second kappa shape index (κ2) is 7.13. The molecule has 5 nitrogen and oxygen atoms in total. The van der Waals surface area contributed by atoms with Crippen LogP contribution in [0.4, 0.5) is 8.78 Å². The number of esters is 1. The van der Waals surface area contributed by atoms with Gasteiger partial charge < -0.3 is 4.74 Å². The number of hydrogen-bond acceptors (Lipinski definition) is 4. The number of nitrogens with zero attached hydrogens (tertiary/aromatic N) is 1. The van der Waals surface area contributed by atoms with Gasteiger partial charge in [-0.2, -0.15) is 0 Å². The van der Waals surface area contributed by atoms with Crippen molar-refractivity contribution in [1.82, 2.24) is 9.71 Å². The number of hydrogen-bond donors (Lipinski definition) is 1. The molecule has 21 heavy (non-hydrogen) atoms. The maximum atomic E-state index is 14.4. The van der Waals surface area contributed by atoms with Crippen LogP contribution in [0.15, 0.2) is 16.7 Å². The van der Waals surface area contributed by atoms with Crippen molar-refractivity contribution in [1.29, 1.82) is 0 Å². The predicted octanol–water partition coefficient (Wildman–Crippen LogP) is 1.94. The highest BCUT2D eigenvalue weighted by molar-refractivity contribution is 9.10. The van der Waals surface area contributed by atoms with Gasteiger partial charge in [-0.1, -0.05) is 5.69 Å². The zero-order valence-corrected chi connectivity index (χ0v) is 13.6. The first-order valence-corrected chi connectivity index (χ1v) is 7.80. The van der Waals surface area contributed by atoms with Gasteiger partial charge in [-0.15, -0.1) is 0 Å². The first-order valence-electron chi connectivity index (χ1n) is 5.79. The third-order valence-corrected chi connectivity index (χ3v) is 3.68.